The molecule has 1 aliphatic heterocycles. The van der Waals surface area contributed by atoms with Crippen molar-refractivity contribution < 1.29 is 9.72 Å². The fraction of sp³-hybridized carbons (Fsp3) is 0.462. The first kappa shape index (κ1) is 14.1. The second-order valence-electron chi connectivity index (χ2n) is 4.65. The fourth-order valence-electron chi connectivity index (χ4n) is 2.33. The molecule has 2 rings (SSSR count). The zero-order valence-electron chi connectivity index (χ0n) is 11.4. The van der Waals surface area contributed by atoms with Crippen molar-refractivity contribution in [3.8, 4) is 0 Å². The number of hydrogen-bond acceptors (Lipinski definition) is 5. The maximum absolute atomic E-state index is 11.9. The van der Waals surface area contributed by atoms with E-state index in [1.54, 1.807) is 30.1 Å². The van der Waals surface area contributed by atoms with Crippen molar-refractivity contribution in [2.24, 2.45) is 0 Å². The minimum Gasteiger partial charge on any atom is -0.382 e. The SMILES string of the molecule is CNc1cccc(NCC(=O)N2CCCC2)c1[N+](=O)[O-]. The van der Waals surface area contributed by atoms with Gasteiger partial charge in [-0.15, -0.1) is 0 Å². The number of carbonyl (C=O) groups excluding carboxylic acids is 1. The number of para-hydroxylation sites is 1. The van der Waals surface area contributed by atoms with Crippen LogP contribution >= 0.6 is 0 Å². The van der Waals surface area contributed by atoms with E-state index < -0.39 is 4.92 Å². The number of nitrogens with one attached hydrogen (secondary N) is 2. The standard InChI is InChI=1S/C13H18N4O3/c1-14-10-5-4-6-11(13(10)17(19)20)15-9-12(18)16-7-2-3-8-16/h4-6,14-15H,2-3,7-9H2,1H3. The van der Waals surface area contributed by atoms with Gasteiger partial charge in [0.25, 0.3) is 0 Å². The number of benzene rings is 1. The van der Waals surface area contributed by atoms with Crippen LogP contribution in [-0.2, 0) is 4.79 Å². The van der Waals surface area contributed by atoms with Gasteiger partial charge in [-0.1, -0.05) is 6.07 Å². The Morgan fingerprint density at radius 2 is 2.00 bits per heavy atom. The highest BCUT2D eigenvalue weighted by molar-refractivity contribution is 5.84. The van der Waals surface area contributed by atoms with Crippen LogP contribution in [0.5, 0.6) is 0 Å². The van der Waals surface area contributed by atoms with Crippen molar-refractivity contribution in [3.05, 3.63) is 28.3 Å². The molecule has 1 heterocycles. The van der Waals surface area contributed by atoms with Gasteiger partial charge in [0.1, 0.15) is 11.4 Å². The van der Waals surface area contributed by atoms with Crippen LogP contribution in [0.2, 0.25) is 0 Å². The molecule has 0 bridgehead atoms. The van der Waals surface area contributed by atoms with E-state index in [9.17, 15) is 14.9 Å². The number of likely N-dealkylation sites (tertiary alicyclic amines) is 1. The van der Waals surface area contributed by atoms with Gasteiger partial charge in [-0.3, -0.25) is 14.9 Å². The number of amides is 1. The topological polar surface area (TPSA) is 87.5 Å². The van der Waals surface area contributed by atoms with Gasteiger partial charge in [0.2, 0.25) is 5.91 Å². The number of rotatable bonds is 5. The molecule has 1 fully saturated rings. The van der Waals surface area contributed by atoms with Crippen LogP contribution in [0, 0.1) is 10.1 Å². The molecule has 0 radical (unpaired) electrons. The van der Waals surface area contributed by atoms with Crippen LogP contribution in [-0.4, -0.2) is 42.4 Å². The average Bonchev–Trinajstić information content (AvgIpc) is 2.98. The summed E-state index contributed by atoms with van der Waals surface area (Å²) in [6.07, 6.45) is 2.06. The van der Waals surface area contributed by atoms with Gasteiger partial charge in [0.15, 0.2) is 0 Å². The second-order valence-corrected chi connectivity index (χ2v) is 4.65. The molecule has 1 saturated heterocycles. The normalized spacial score (nSPS) is 14.2. The summed E-state index contributed by atoms with van der Waals surface area (Å²) in [4.78, 5) is 24.4. The Labute approximate surface area is 117 Å². The lowest BCUT2D eigenvalue weighted by Gasteiger charge is -2.16. The molecule has 2 N–H and O–H groups in total. The molecule has 1 amide bonds. The summed E-state index contributed by atoms with van der Waals surface area (Å²) < 4.78 is 0. The Morgan fingerprint density at radius 1 is 1.35 bits per heavy atom. The molecule has 0 saturated carbocycles. The molecule has 20 heavy (non-hydrogen) atoms. The molecule has 0 aromatic heterocycles. The maximum atomic E-state index is 11.9. The molecule has 1 aliphatic rings. The van der Waals surface area contributed by atoms with Crippen LogP contribution in [0.3, 0.4) is 0 Å². The van der Waals surface area contributed by atoms with Crippen molar-refractivity contribution >= 4 is 23.0 Å². The zero-order chi connectivity index (χ0) is 14.5. The predicted molar refractivity (Wildman–Crippen MR) is 76.9 cm³/mol. The summed E-state index contributed by atoms with van der Waals surface area (Å²) in [5, 5.41) is 16.8. The van der Waals surface area contributed by atoms with Crippen LogP contribution in [0.1, 0.15) is 12.8 Å². The molecule has 1 aromatic carbocycles. The van der Waals surface area contributed by atoms with E-state index in [1.807, 2.05) is 0 Å². The molecule has 108 valence electrons. The van der Waals surface area contributed by atoms with Gasteiger partial charge in [-0.2, -0.15) is 0 Å². The van der Waals surface area contributed by atoms with E-state index in [1.165, 1.54) is 0 Å². The molecule has 0 spiro atoms. The average molecular weight is 278 g/mol. The Balaban J connectivity index is 2.09. The van der Waals surface area contributed by atoms with E-state index in [2.05, 4.69) is 10.6 Å². The van der Waals surface area contributed by atoms with Gasteiger partial charge in [-0.05, 0) is 25.0 Å². The third-order valence-corrected chi connectivity index (χ3v) is 3.38. The third kappa shape index (κ3) is 2.98. The lowest BCUT2D eigenvalue weighted by molar-refractivity contribution is -0.383. The van der Waals surface area contributed by atoms with Crippen LogP contribution in [0.15, 0.2) is 18.2 Å². The first-order valence-electron chi connectivity index (χ1n) is 6.60. The summed E-state index contributed by atoms with van der Waals surface area (Å²) in [5.41, 5.74) is 0.743. The largest absolute Gasteiger partial charge is 0.382 e. The monoisotopic (exact) mass is 278 g/mol. The number of nitro benzene ring substituents is 1. The summed E-state index contributed by atoms with van der Waals surface area (Å²) >= 11 is 0. The lowest BCUT2D eigenvalue weighted by Crippen LogP contribution is -2.33. The minimum absolute atomic E-state index is 0.0216. The summed E-state index contributed by atoms with van der Waals surface area (Å²) in [6, 6.07) is 4.95. The predicted octanol–water partition coefficient (Wildman–Crippen LogP) is 1.67. The molecule has 1 aromatic rings. The van der Waals surface area contributed by atoms with E-state index in [4.69, 9.17) is 0 Å². The number of hydrogen-bond donors (Lipinski definition) is 2. The first-order chi connectivity index (χ1) is 9.63. The summed E-state index contributed by atoms with van der Waals surface area (Å²) in [5.74, 6) is -0.0216. The van der Waals surface area contributed by atoms with Crippen LogP contribution in [0.25, 0.3) is 0 Å². The van der Waals surface area contributed by atoms with Crippen molar-refractivity contribution in [3.63, 3.8) is 0 Å². The van der Waals surface area contributed by atoms with Gasteiger partial charge >= 0.3 is 5.69 Å². The number of nitrogens with zero attached hydrogens (tertiary/aromatic N) is 2. The minimum atomic E-state index is -0.450. The highest BCUT2D eigenvalue weighted by Gasteiger charge is 2.21. The van der Waals surface area contributed by atoms with E-state index in [0.717, 1.165) is 25.9 Å². The maximum Gasteiger partial charge on any atom is 0.315 e. The molecular formula is C13H18N4O3. The van der Waals surface area contributed by atoms with E-state index in [-0.39, 0.29) is 18.1 Å². The molecule has 0 atom stereocenters. The quantitative estimate of drug-likeness (QED) is 0.632. The smallest absolute Gasteiger partial charge is 0.315 e. The number of carbonyl (C=O) groups is 1. The summed E-state index contributed by atoms with van der Waals surface area (Å²) in [7, 11) is 1.63. The molecule has 0 unspecified atom stereocenters. The Morgan fingerprint density at radius 3 is 2.60 bits per heavy atom. The molecule has 7 heteroatoms. The number of anilines is 2. The van der Waals surface area contributed by atoms with Crippen molar-refractivity contribution in [1.82, 2.24) is 4.90 Å². The molecule has 0 aliphatic carbocycles. The van der Waals surface area contributed by atoms with Crippen LogP contribution < -0.4 is 10.6 Å². The van der Waals surface area contributed by atoms with Gasteiger partial charge < -0.3 is 15.5 Å². The van der Waals surface area contributed by atoms with Crippen molar-refractivity contribution in [1.29, 1.82) is 0 Å². The van der Waals surface area contributed by atoms with Gasteiger partial charge in [-0.25, -0.2) is 0 Å². The first-order valence-corrected chi connectivity index (χ1v) is 6.60. The molecular weight excluding hydrogens is 260 g/mol. The van der Waals surface area contributed by atoms with Gasteiger partial charge in [0.05, 0.1) is 11.5 Å². The Kier molecular flexibility index (Phi) is 4.39. The third-order valence-electron chi connectivity index (χ3n) is 3.38. The van der Waals surface area contributed by atoms with Crippen LogP contribution in [0.4, 0.5) is 17.1 Å². The molecule has 7 nitrogen and oxygen atoms in total. The highest BCUT2D eigenvalue weighted by atomic mass is 16.6. The van der Waals surface area contributed by atoms with E-state index in [0.29, 0.717) is 11.4 Å². The van der Waals surface area contributed by atoms with Crippen molar-refractivity contribution in [2.75, 3.05) is 37.3 Å². The van der Waals surface area contributed by atoms with Gasteiger partial charge in [0, 0.05) is 20.1 Å². The Hall–Kier alpha value is -2.31. The number of nitro groups is 1. The fourth-order valence-corrected chi connectivity index (χ4v) is 2.33. The lowest BCUT2D eigenvalue weighted by atomic mass is 10.2. The zero-order valence-corrected chi connectivity index (χ0v) is 11.4. The second kappa shape index (κ2) is 6.23. The highest BCUT2D eigenvalue weighted by Crippen LogP contribution is 2.32. The summed E-state index contributed by atoms with van der Waals surface area (Å²) in [6.45, 7) is 1.63. The van der Waals surface area contributed by atoms with Crippen molar-refractivity contribution in [2.45, 2.75) is 12.8 Å². The Bertz CT molecular complexity index is 512. The van der Waals surface area contributed by atoms with E-state index >= 15 is 0 Å².